The second kappa shape index (κ2) is 19.1. The van der Waals surface area contributed by atoms with Crippen LogP contribution in [0.4, 0.5) is 17.6 Å². The molecule has 1 amide bonds. The van der Waals surface area contributed by atoms with Crippen molar-refractivity contribution < 1.29 is 46.5 Å². The Labute approximate surface area is 321 Å². The average molecular weight is 861 g/mol. The van der Waals surface area contributed by atoms with Crippen LogP contribution in [0.3, 0.4) is 0 Å². The Morgan fingerprint density at radius 2 is 1.64 bits per heavy atom. The number of aliphatic hydroxyl groups is 1. The molecule has 2 aromatic carbocycles. The Hall–Kier alpha value is -3.57. The van der Waals surface area contributed by atoms with Crippen molar-refractivity contribution in [2.24, 2.45) is 28.0 Å². The third-order valence-electron chi connectivity index (χ3n) is 8.31. The summed E-state index contributed by atoms with van der Waals surface area (Å²) >= 11 is 2.16. The van der Waals surface area contributed by atoms with Gasteiger partial charge in [-0.15, -0.1) is 0 Å². The lowest BCUT2D eigenvalue weighted by atomic mass is 9.78. The number of halogens is 5. The van der Waals surface area contributed by atoms with Gasteiger partial charge in [-0.1, -0.05) is 32.9 Å². The predicted octanol–water partition coefficient (Wildman–Crippen LogP) is 6.71. The molecule has 0 radical (unpaired) electrons. The van der Waals surface area contributed by atoms with Gasteiger partial charge in [0, 0.05) is 45.6 Å². The van der Waals surface area contributed by atoms with Crippen LogP contribution in [0, 0.1) is 32.5 Å². The van der Waals surface area contributed by atoms with E-state index in [0.29, 0.717) is 0 Å². The standard InChI is InChI=1S/C38H49F4IN4O6/c1-37(2,3)28(19-33(49)52-26-11-12-26)35(51)46-47(20-27-29(39)16-23(17-30(27)40)31(44)13-14-45-36(41)42)21-32(48)24(18-34(50)53-38(4,5)6)15-22-7-9-25(43)10-8-22/h7-10,13-14,16-17,24,26,28,32,36,48H,11-12,15,18-21,44H2,1-6H3,(H,46,51)/t24-,28-,32+/m1/s1. The van der Waals surface area contributed by atoms with Gasteiger partial charge in [0.25, 0.3) is 0 Å². The van der Waals surface area contributed by atoms with Gasteiger partial charge in [0.05, 0.1) is 24.9 Å². The highest BCUT2D eigenvalue weighted by molar-refractivity contribution is 14.1. The summed E-state index contributed by atoms with van der Waals surface area (Å²) < 4.78 is 68.0. The van der Waals surface area contributed by atoms with Gasteiger partial charge in [-0.05, 0) is 104 Å². The number of aliphatic hydroxyl groups excluding tert-OH is 1. The van der Waals surface area contributed by atoms with Crippen molar-refractivity contribution in [3.8, 4) is 0 Å². The molecule has 10 nitrogen and oxygen atoms in total. The van der Waals surface area contributed by atoms with E-state index in [9.17, 15) is 28.3 Å². The van der Waals surface area contributed by atoms with Crippen molar-refractivity contribution in [3.63, 3.8) is 0 Å². The summed E-state index contributed by atoms with van der Waals surface area (Å²) in [7, 11) is 0. The van der Waals surface area contributed by atoms with E-state index >= 15 is 8.78 Å². The largest absolute Gasteiger partial charge is 0.462 e. The number of rotatable bonds is 17. The molecule has 15 heteroatoms. The van der Waals surface area contributed by atoms with Crippen molar-refractivity contribution in [3.05, 3.63) is 74.4 Å². The van der Waals surface area contributed by atoms with Crippen LogP contribution in [0.2, 0.25) is 0 Å². The topological polar surface area (TPSA) is 144 Å². The van der Waals surface area contributed by atoms with E-state index < -0.39 is 77.1 Å². The Morgan fingerprint density at radius 1 is 1.04 bits per heavy atom. The molecule has 1 aliphatic carbocycles. The Morgan fingerprint density at radius 3 is 2.17 bits per heavy atom. The molecule has 0 saturated heterocycles. The van der Waals surface area contributed by atoms with Crippen molar-refractivity contribution in [1.29, 1.82) is 0 Å². The molecule has 0 aromatic heterocycles. The maximum absolute atomic E-state index is 15.6. The molecule has 53 heavy (non-hydrogen) atoms. The first-order chi connectivity index (χ1) is 24.6. The third kappa shape index (κ3) is 15.4. The summed E-state index contributed by atoms with van der Waals surface area (Å²) in [5, 5.41) is 12.8. The van der Waals surface area contributed by atoms with E-state index in [1.807, 2.05) is 24.3 Å². The molecule has 0 unspecified atom stereocenters. The number of nitrogens with two attached hydrogens (primary N) is 1. The van der Waals surface area contributed by atoms with Crippen molar-refractivity contribution in [2.45, 2.75) is 105 Å². The number of nitrogens with zero attached hydrogens (tertiary/aromatic N) is 2. The number of allylic oxidation sites excluding steroid dienone is 1. The molecule has 1 fully saturated rings. The maximum Gasteiger partial charge on any atom is 0.331 e. The minimum absolute atomic E-state index is 0.142. The van der Waals surface area contributed by atoms with Crippen molar-refractivity contribution in [2.75, 3.05) is 6.54 Å². The molecule has 0 aliphatic heterocycles. The molecule has 4 N–H and O–H groups in total. The highest BCUT2D eigenvalue weighted by atomic mass is 127. The lowest BCUT2D eigenvalue weighted by molar-refractivity contribution is -0.157. The molecule has 3 rings (SSSR count). The van der Waals surface area contributed by atoms with E-state index in [4.69, 9.17) is 15.2 Å². The summed E-state index contributed by atoms with van der Waals surface area (Å²) in [5.74, 6) is -5.60. The van der Waals surface area contributed by atoms with Crippen LogP contribution in [0.25, 0.3) is 5.70 Å². The predicted molar refractivity (Wildman–Crippen MR) is 201 cm³/mol. The number of hydrogen-bond donors (Lipinski definition) is 3. The quantitative estimate of drug-likeness (QED) is 0.0398. The molecule has 1 saturated carbocycles. The number of carbonyl (C=O) groups excluding carboxylic acids is 3. The normalized spacial score (nSPS) is 15.8. The van der Waals surface area contributed by atoms with Gasteiger partial charge in [0.15, 0.2) is 0 Å². The Balaban J connectivity index is 1.98. The number of alkyl halides is 2. The van der Waals surface area contributed by atoms with E-state index in [0.717, 1.165) is 51.4 Å². The number of hydrogen-bond acceptors (Lipinski definition) is 9. The zero-order valence-corrected chi connectivity index (χ0v) is 33.0. The molecule has 292 valence electrons. The van der Waals surface area contributed by atoms with Gasteiger partial charge in [0.2, 0.25) is 5.91 Å². The van der Waals surface area contributed by atoms with E-state index in [1.54, 1.807) is 41.5 Å². The summed E-state index contributed by atoms with van der Waals surface area (Å²) in [4.78, 5) is 42.5. The lowest BCUT2D eigenvalue weighted by Gasteiger charge is -2.34. The van der Waals surface area contributed by atoms with E-state index in [1.165, 1.54) is 0 Å². The van der Waals surface area contributed by atoms with Crippen LogP contribution in [-0.2, 0) is 36.8 Å². The molecule has 3 atom stereocenters. The third-order valence-corrected chi connectivity index (χ3v) is 9.03. The molecule has 0 spiro atoms. The SMILES string of the molecule is CC(C)(C)OC(=O)C[C@@H](Cc1ccc(I)cc1)[C@@H](O)CN(Cc1c(F)cc(C(N)=CC=NC(F)F)cc1F)NC(=O)[C@@H](CC(=O)OC1CC1)C(C)(C)C. The van der Waals surface area contributed by atoms with Crippen LogP contribution >= 0.6 is 22.6 Å². The highest BCUT2D eigenvalue weighted by Gasteiger charge is 2.37. The molecular formula is C38H49F4IN4O6. The van der Waals surface area contributed by atoms with Gasteiger partial charge < -0.3 is 20.3 Å². The number of nitrogens with one attached hydrogen (secondary N) is 1. The van der Waals surface area contributed by atoms with Gasteiger partial charge in [-0.3, -0.25) is 19.8 Å². The minimum atomic E-state index is -2.99. The number of amides is 1. The van der Waals surface area contributed by atoms with Crippen LogP contribution in [0.5, 0.6) is 0 Å². The van der Waals surface area contributed by atoms with Crippen LogP contribution < -0.4 is 11.2 Å². The molecule has 0 heterocycles. The number of benzene rings is 2. The summed E-state index contributed by atoms with van der Waals surface area (Å²) in [5.41, 5.74) is 6.91. The lowest BCUT2D eigenvalue weighted by Crippen LogP contribution is -2.51. The summed E-state index contributed by atoms with van der Waals surface area (Å²) in [6, 6.07) is 9.29. The van der Waals surface area contributed by atoms with E-state index in [-0.39, 0.29) is 43.2 Å². The number of aliphatic imine (C=N–C) groups is 1. The van der Waals surface area contributed by atoms with Crippen molar-refractivity contribution >= 4 is 52.3 Å². The summed E-state index contributed by atoms with van der Waals surface area (Å²) in [6.07, 6.45) is 1.44. The Bertz CT molecular complexity index is 1620. The minimum Gasteiger partial charge on any atom is -0.462 e. The van der Waals surface area contributed by atoms with Crippen LogP contribution in [-0.4, -0.2) is 65.1 Å². The fraction of sp³-hybridized carbons (Fsp3) is 0.526. The zero-order chi connectivity index (χ0) is 39.7. The fourth-order valence-electron chi connectivity index (χ4n) is 5.40. The highest BCUT2D eigenvalue weighted by Crippen LogP contribution is 2.32. The summed E-state index contributed by atoms with van der Waals surface area (Å²) in [6.45, 7) is 6.47. The smallest absolute Gasteiger partial charge is 0.331 e. The number of esters is 2. The van der Waals surface area contributed by atoms with Gasteiger partial charge in [-0.25, -0.2) is 18.8 Å². The Kier molecular flexibility index (Phi) is 15.8. The molecule has 2 aromatic rings. The van der Waals surface area contributed by atoms with Crippen molar-refractivity contribution in [1.82, 2.24) is 10.4 Å². The number of ether oxygens (including phenoxy) is 2. The van der Waals surface area contributed by atoms with Gasteiger partial charge in [0.1, 0.15) is 23.3 Å². The number of hydrazine groups is 1. The first-order valence-electron chi connectivity index (χ1n) is 17.3. The second-order valence-electron chi connectivity index (χ2n) is 15.2. The zero-order valence-electron chi connectivity index (χ0n) is 30.8. The molecule has 0 bridgehead atoms. The first-order valence-corrected chi connectivity index (χ1v) is 18.3. The monoisotopic (exact) mass is 860 g/mol. The van der Waals surface area contributed by atoms with Gasteiger partial charge in [-0.2, -0.15) is 8.78 Å². The molecular weight excluding hydrogens is 811 g/mol. The van der Waals surface area contributed by atoms with E-state index in [2.05, 4.69) is 33.0 Å². The fourth-order valence-corrected chi connectivity index (χ4v) is 5.76. The second-order valence-corrected chi connectivity index (χ2v) is 16.5. The average Bonchev–Trinajstić information content (AvgIpc) is 3.84. The molecule has 1 aliphatic rings. The van der Waals surface area contributed by atoms with Crippen LogP contribution in [0.1, 0.15) is 83.9 Å². The maximum atomic E-state index is 15.6. The van der Waals surface area contributed by atoms with Gasteiger partial charge >= 0.3 is 18.5 Å². The number of carbonyl (C=O) groups is 3. The van der Waals surface area contributed by atoms with Crippen LogP contribution in [0.15, 0.2) is 47.5 Å². The first kappa shape index (κ1) is 43.8.